The van der Waals surface area contributed by atoms with E-state index in [9.17, 15) is 18.9 Å². The van der Waals surface area contributed by atoms with Crippen molar-refractivity contribution < 1.29 is 18.4 Å². The van der Waals surface area contributed by atoms with E-state index in [2.05, 4.69) is 4.74 Å². The Morgan fingerprint density at radius 2 is 2.11 bits per heavy atom. The molecule has 0 N–H and O–H groups in total. The van der Waals surface area contributed by atoms with E-state index in [0.717, 1.165) is 0 Å². The topological polar surface area (TPSA) is 55.6 Å². The number of hydrogen-bond donors (Lipinski definition) is 0. The molecule has 2 atom stereocenters. The Morgan fingerprint density at radius 1 is 1.42 bits per heavy atom. The lowest BCUT2D eigenvalue weighted by Gasteiger charge is -2.16. The zero-order valence-electron chi connectivity index (χ0n) is 10.3. The maximum atomic E-state index is 12.4. The van der Waals surface area contributed by atoms with Crippen molar-refractivity contribution in [3.63, 3.8) is 0 Å². The molecule has 1 saturated heterocycles. The van der Waals surface area contributed by atoms with Crippen LogP contribution in [0.25, 0.3) is 0 Å². The number of nitrogens with zero attached hydrogens (tertiary/aromatic N) is 2. The van der Waals surface area contributed by atoms with E-state index >= 15 is 0 Å². The number of halogens is 2. The zero-order valence-corrected chi connectivity index (χ0v) is 10.3. The van der Waals surface area contributed by atoms with Crippen LogP contribution in [0.2, 0.25) is 0 Å². The Labute approximate surface area is 108 Å². The fourth-order valence-electron chi connectivity index (χ4n) is 2.49. The van der Waals surface area contributed by atoms with Crippen LogP contribution in [0.3, 0.4) is 0 Å². The van der Waals surface area contributed by atoms with Gasteiger partial charge < -0.3 is 4.74 Å². The summed E-state index contributed by atoms with van der Waals surface area (Å²) >= 11 is 0. The maximum Gasteiger partial charge on any atom is 0.387 e. The predicted octanol–water partition coefficient (Wildman–Crippen LogP) is 1.96. The van der Waals surface area contributed by atoms with Crippen molar-refractivity contribution in [3.8, 4) is 5.75 Å². The third-order valence-electron chi connectivity index (χ3n) is 3.28. The monoisotopic (exact) mass is 272 g/mol. The highest BCUT2D eigenvalue weighted by Crippen LogP contribution is 2.35. The fraction of sp³-hybridized carbons (Fsp3) is 0.500. The summed E-state index contributed by atoms with van der Waals surface area (Å²) in [5.41, 5.74) is 0.467. The first-order valence-corrected chi connectivity index (χ1v) is 5.85. The predicted molar refractivity (Wildman–Crippen MR) is 64.1 cm³/mol. The second kappa shape index (κ2) is 5.48. The van der Waals surface area contributed by atoms with Crippen LogP contribution in [-0.4, -0.2) is 42.6 Å². The largest absolute Gasteiger partial charge is 0.435 e. The Bertz CT molecular complexity index is 470. The summed E-state index contributed by atoms with van der Waals surface area (Å²) in [5.74, 6) is -0.417. The van der Waals surface area contributed by atoms with E-state index in [1.54, 1.807) is 25.2 Å². The zero-order chi connectivity index (χ0) is 14.0. The molecular formula is C12H14F2N2O3. The Hall–Kier alpha value is -1.76. The summed E-state index contributed by atoms with van der Waals surface area (Å²) in [6, 6.07) is 5.46. The average molecular weight is 272 g/mol. The molecule has 1 aromatic rings. The van der Waals surface area contributed by atoms with Gasteiger partial charge in [0.15, 0.2) is 0 Å². The lowest BCUT2D eigenvalue weighted by atomic mass is 9.94. The number of ether oxygens (including phenoxy) is 1. The van der Waals surface area contributed by atoms with Gasteiger partial charge in [-0.15, -0.1) is 0 Å². The fourth-order valence-corrected chi connectivity index (χ4v) is 2.49. The third-order valence-corrected chi connectivity index (χ3v) is 3.28. The van der Waals surface area contributed by atoms with Gasteiger partial charge in [-0.2, -0.15) is 8.78 Å². The van der Waals surface area contributed by atoms with Crippen molar-refractivity contribution in [1.82, 2.24) is 4.90 Å². The molecule has 1 heterocycles. The van der Waals surface area contributed by atoms with E-state index in [4.69, 9.17) is 0 Å². The number of para-hydroxylation sites is 1. The van der Waals surface area contributed by atoms with Gasteiger partial charge in [-0.3, -0.25) is 15.0 Å². The van der Waals surface area contributed by atoms with Crippen molar-refractivity contribution in [1.29, 1.82) is 0 Å². The molecule has 19 heavy (non-hydrogen) atoms. The van der Waals surface area contributed by atoms with Crippen molar-refractivity contribution in [2.45, 2.75) is 18.6 Å². The van der Waals surface area contributed by atoms with Gasteiger partial charge in [0.2, 0.25) is 6.04 Å². The third kappa shape index (κ3) is 2.98. The van der Waals surface area contributed by atoms with E-state index in [1.807, 2.05) is 4.90 Å². The van der Waals surface area contributed by atoms with E-state index in [1.165, 1.54) is 6.07 Å². The van der Waals surface area contributed by atoms with Gasteiger partial charge in [0.25, 0.3) is 0 Å². The molecule has 0 saturated carbocycles. The number of hydrogen-bond acceptors (Lipinski definition) is 4. The molecule has 0 amide bonds. The van der Waals surface area contributed by atoms with Crippen molar-refractivity contribution in [2.24, 2.45) is 0 Å². The van der Waals surface area contributed by atoms with E-state index < -0.39 is 18.6 Å². The molecule has 1 aliphatic rings. The van der Waals surface area contributed by atoms with Gasteiger partial charge in [-0.1, -0.05) is 18.2 Å². The quantitative estimate of drug-likeness (QED) is 0.621. The number of likely N-dealkylation sites (tertiary alicyclic amines) is 1. The Morgan fingerprint density at radius 3 is 2.74 bits per heavy atom. The molecule has 1 aromatic carbocycles. The van der Waals surface area contributed by atoms with Gasteiger partial charge in [0, 0.05) is 17.0 Å². The highest BCUT2D eigenvalue weighted by Gasteiger charge is 2.41. The maximum absolute atomic E-state index is 12.4. The SMILES string of the molecule is CN1CC(c2ccccc2OC(F)F)C([N+](=O)[O-])C1. The summed E-state index contributed by atoms with van der Waals surface area (Å²) in [5, 5.41) is 11.1. The molecular weight excluding hydrogens is 258 g/mol. The number of likely N-dealkylation sites (N-methyl/N-ethyl adjacent to an activating group) is 1. The summed E-state index contributed by atoms with van der Waals surface area (Å²) < 4.78 is 29.2. The van der Waals surface area contributed by atoms with Crippen LogP contribution in [0.1, 0.15) is 11.5 Å². The van der Waals surface area contributed by atoms with Gasteiger partial charge in [0.1, 0.15) is 5.75 Å². The first-order valence-electron chi connectivity index (χ1n) is 5.85. The molecule has 2 rings (SSSR count). The molecule has 104 valence electrons. The lowest BCUT2D eigenvalue weighted by molar-refractivity contribution is -0.521. The molecule has 2 unspecified atom stereocenters. The van der Waals surface area contributed by atoms with E-state index in [0.29, 0.717) is 18.7 Å². The number of nitro groups is 1. The molecule has 0 spiro atoms. The summed E-state index contributed by atoms with van der Waals surface area (Å²) in [7, 11) is 1.77. The van der Waals surface area contributed by atoms with Gasteiger partial charge in [-0.05, 0) is 13.1 Å². The molecule has 0 aromatic heterocycles. The molecule has 1 fully saturated rings. The number of rotatable bonds is 4. The molecule has 7 heteroatoms. The van der Waals surface area contributed by atoms with Crippen LogP contribution in [0.4, 0.5) is 8.78 Å². The molecule has 0 bridgehead atoms. The number of benzene rings is 1. The van der Waals surface area contributed by atoms with Gasteiger partial charge in [-0.25, -0.2) is 0 Å². The van der Waals surface area contributed by atoms with Crippen LogP contribution >= 0.6 is 0 Å². The minimum Gasteiger partial charge on any atom is -0.435 e. The van der Waals surface area contributed by atoms with Gasteiger partial charge in [0.05, 0.1) is 12.5 Å². The lowest BCUT2D eigenvalue weighted by Crippen LogP contribution is -2.27. The van der Waals surface area contributed by atoms with Crippen LogP contribution in [-0.2, 0) is 0 Å². The van der Waals surface area contributed by atoms with Crippen LogP contribution in [0.15, 0.2) is 24.3 Å². The highest BCUT2D eigenvalue weighted by atomic mass is 19.3. The molecule has 0 radical (unpaired) electrons. The smallest absolute Gasteiger partial charge is 0.387 e. The Balaban J connectivity index is 2.32. The minimum atomic E-state index is -2.94. The molecule has 0 aliphatic carbocycles. The molecule has 5 nitrogen and oxygen atoms in total. The second-order valence-corrected chi connectivity index (χ2v) is 4.60. The second-order valence-electron chi connectivity index (χ2n) is 4.60. The van der Waals surface area contributed by atoms with Crippen LogP contribution in [0.5, 0.6) is 5.75 Å². The van der Waals surface area contributed by atoms with Gasteiger partial charge >= 0.3 is 6.61 Å². The highest BCUT2D eigenvalue weighted by molar-refractivity contribution is 5.38. The standard InChI is InChI=1S/C12H14F2N2O3/c1-15-6-9(10(7-15)16(17)18)8-4-2-3-5-11(8)19-12(13)14/h2-5,9-10,12H,6-7H2,1H3. The number of alkyl halides is 2. The first-order chi connectivity index (χ1) is 8.99. The van der Waals surface area contributed by atoms with Crippen LogP contribution < -0.4 is 4.74 Å². The first kappa shape index (κ1) is 13.7. The van der Waals surface area contributed by atoms with Crippen molar-refractivity contribution in [3.05, 3.63) is 39.9 Å². The van der Waals surface area contributed by atoms with E-state index in [-0.39, 0.29) is 10.7 Å². The average Bonchev–Trinajstić information content (AvgIpc) is 2.71. The summed E-state index contributed by atoms with van der Waals surface area (Å²) in [6.45, 7) is -2.18. The summed E-state index contributed by atoms with van der Waals surface area (Å²) in [6.07, 6.45) is 0. The van der Waals surface area contributed by atoms with Crippen molar-refractivity contribution in [2.75, 3.05) is 20.1 Å². The molecule has 1 aliphatic heterocycles. The normalized spacial score (nSPS) is 23.8. The van der Waals surface area contributed by atoms with Crippen molar-refractivity contribution >= 4 is 0 Å². The van der Waals surface area contributed by atoms with Crippen LogP contribution in [0, 0.1) is 10.1 Å². The minimum absolute atomic E-state index is 0.0182. The Kier molecular flexibility index (Phi) is 3.94. The summed E-state index contributed by atoms with van der Waals surface area (Å²) in [4.78, 5) is 12.5.